The largest absolute Gasteiger partial charge is 0.320 e. The Morgan fingerprint density at radius 3 is 1.94 bits per heavy atom. The summed E-state index contributed by atoms with van der Waals surface area (Å²) in [5.74, 6) is 1.10. The molecule has 0 aliphatic carbocycles. The summed E-state index contributed by atoms with van der Waals surface area (Å²) < 4.78 is 0. The van der Waals surface area contributed by atoms with Crippen LogP contribution in [0.15, 0.2) is 53.4 Å². The van der Waals surface area contributed by atoms with Gasteiger partial charge in [-0.25, -0.2) is 0 Å². The molecule has 0 bridgehead atoms. The fourth-order valence-corrected chi connectivity index (χ4v) is 2.57. The molecule has 0 saturated carbocycles. The lowest BCUT2D eigenvalue weighted by Gasteiger charge is -2.13. The van der Waals surface area contributed by atoms with E-state index in [-0.39, 0.29) is 6.04 Å². The van der Waals surface area contributed by atoms with E-state index in [0.717, 1.165) is 11.3 Å². The molecule has 1 unspecified atom stereocenters. The molecule has 2 N–H and O–H groups in total. The molecule has 1 nitrogen and oxygen atoms in total. The molecular formula is C16H19NS. The number of hydrogen-bond acceptors (Lipinski definition) is 2. The van der Waals surface area contributed by atoms with Gasteiger partial charge in [-0.05, 0) is 35.9 Å². The zero-order chi connectivity index (χ0) is 13.0. The van der Waals surface area contributed by atoms with Gasteiger partial charge in [0.1, 0.15) is 0 Å². The quantitative estimate of drug-likeness (QED) is 0.832. The predicted octanol–water partition coefficient (Wildman–Crippen LogP) is 4.16. The number of nitrogens with two attached hydrogens (primary N) is 1. The van der Waals surface area contributed by atoms with Crippen LogP contribution in [0.2, 0.25) is 0 Å². The normalized spacial score (nSPS) is 12.4. The molecule has 0 fully saturated rings. The highest BCUT2D eigenvalue weighted by atomic mass is 32.2. The average Bonchev–Trinajstić information content (AvgIpc) is 2.40. The molecule has 0 amide bonds. The van der Waals surface area contributed by atoms with Crippen LogP contribution in [-0.2, 0) is 0 Å². The van der Waals surface area contributed by atoms with Crippen molar-refractivity contribution in [1.29, 1.82) is 0 Å². The lowest BCUT2D eigenvalue weighted by Crippen LogP contribution is -2.11. The van der Waals surface area contributed by atoms with E-state index in [1.165, 1.54) is 16.0 Å². The number of thioether (sulfide) groups is 1. The molecule has 0 heterocycles. The predicted molar refractivity (Wildman–Crippen MR) is 80.0 cm³/mol. The van der Waals surface area contributed by atoms with Gasteiger partial charge in [0.2, 0.25) is 0 Å². The fraction of sp³-hybridized carbons (Fsp3) is 0.250. The summed E-state index contributed by atoms with van der Waals surface area (Å²) in [6, 6.07) is 16.9. The molecule has 2 rings (SSSR count). The van der Waals surface area contributed by atoms with Crippen molar-refractivity contribution in [2.24, 2.45) is 5.73 Å². The monoisotopic (exact) mass is 257 g/mol. The molecule has 2 heteroatoms. The molecule has 0 aliphatic heterocycles. The second kappa shape index (κ2) is 6.07. The van der Waals surface area contributed by atoms with Gasteiger partial charge >= 0.3 is 0 Å². The van der Waals surface area contributed by atoms with Crippen LogP contribution >= 0.6 is 11.8 Å². The smallest absolute Gasteiger partial charge is 0.0551 e. The van der Waals surface area contributed by atoms with Gasteiger partial charge < -0.3 is 5.73 Å². The minimum Gasteiger partial charge on any atom is -0.320 e. The lowest BCUT2D eigenvalue weighted by atomic mass is 9.99. The summed E-state index contributed by atoms with van der Waals surface area (Å²) in [4.78, 5) is 1.30. The third-order valence-corrected chi connectivity index (χ3v) is 3.88. The third kappa shape index (κ3) is 3.15. The highest BCUT2D eigenvalue weighted by molar-refractivity contribution is 7.99. The van der Waals surface area contributed by atoms with Crippen LogP contribution in [0.1, 0.15) is 29.7 Å². The van der Waals surface area contributed by atoms with E-state index in [0.29, 0.717) is 0 Å². The first-order chi connectivity index (χ1) is 8.70. The summed E-state index contributed by atoms with van der Waals surface area (Å²) in [7, 11) is 0. The topological polar surface area (TPSA) is 26.0 Å². The Morgan fingerprint density at radius 2 is 1.44 bits per heavy atom. The van der Waals surface area contributed by atoms with E-state index in [4.69, 9.17) is 5.73 Å². The Hall–Kier alpha value is -1.25. The summed E-state index contributed by atoms with van der Waals surface area (Å²) in [6.07, 6.45) is 0. The minimum absolute atomic E-state index is 0.0359. The second-order valence-electron chi connectivity index (χ2n) is 4.39. The zero-order valence-corrected chi connectivity index (χ0v) is 11.7. The van der Waals surface area contributed by atoms with Crippen LogP contribution in [-0.4, -0.2) is 5.75 Å². The molecule has 2 aromatic rings. The Balaban J connectivity index is 2.17. The fourth-order valence-electron chi connectivity index (χ4n) is 1.90. The first-order valence-corrected chi connectivity index (χ1v) is 7.24. The van der Waals surface area contributed by atoms with E-state index >= 15 is 0 Å². The van der Waals surface area contributed by atoms with Crippen molar-refractivity contribution in [3.8, 4) is 0 Å². The van der Waals surface area contributed by atoms with Crippen LogP contribution in [0.3, 0.4) is 0 Å². The van der Waals surface area contributed by atoms with Crippen molar-refractivity contribution in [2.45, 2.75) is 24.8 Å². The van der Waals surface area contributed by atoms with Gasteiger partial charge in [0.25, 0.3) is 0 Å². The van der Waals surface area contributed by atoms with Gasteiger partial charge in [-0.2, -0.15) is 0 Å². The number of benzene rings is 2. The van der Waals surface area contributed by atoms with Crippen molar-refractivity contribution < 1.29 is 0 Å². The van der Waals surface area contributed by atoms with Crippen LogP contribution in [0.25, 0.3) is 0 Å². The Bertz CT molecular complexity index is 488. The first-order valence-electron chi connectivity index (χ1n) is 6.25. The van der Waals surface area contributed by atoms with Crippen LogP contribution in [0, 0.1) is 6.92 Å². The minimum atomic E-state index is -0.0359. The summed E-state index contributed by atoms with van der Waals surface area (Å²) in [5, 5.41) is 0. The van der Waals surface area contributed by atoms with E-state index in [1.54, 1.807) is 0 Å². The van der Waals surface area contributed by atoms with Gasteiger partial charge in [-0.3, -0.25) is 0 Å². The molecule has 0 saturated heterocycles. The molecule has 0 spiro atoms. The van der Waals surface area contributed by atoms with Crippen molar-refractivity contribution >= 4 is 11.8 Å². The number of aryl methyl sites for hydroxylation is 1. The van der Waals surface area contributed by atoms with Gasteiger partial charge in [0, 0.05) is 4.90 Å². The maximum Gasteiger partial charge on any atom is 0.0551 e. The third-order valence-electron chi connectivity index (χ3n) is 2.99. The van der Waals surface area contributed by atoms with Crippen molar-refractivity contribution in [2.75, 3.05) is 5.75 Å². The van der Waals surface area contributed by atoms with Gasteiger partial charge in [0.05, 0.1) is 6.04 Å². The standard InChI is InChI=1S/C16H19NS/c1-3-18-15-10-8-14(9-11-15)16(17)13-6-4-12(2)5-7-13/h4-11,16H,3,17H2,1-2H3. The molecule has 0 aromatic heterocycles. The molecular weight excluding hydrogens is 238 g/mol. The maximum atomic E-state index is 6.28. The highest BCUT2D eigenvalue weighted by Crippen LogP contribution is 2.23. The van der Waals surface area contributed by atoms with Gasteiger partial charge in [0.15, 0.2) is 0 Å². The first kappa shape index (κ1) is 13.2. The molecule has 0 aliphatic rings. The van der Waals surface area contributed by atoms with E-state index in [1.807, 2.05) is 11.8 Å². The van der Waals surface area contributed by atoms with Crippen LogP contribution in [0.5, 0.6) is 0 Å². The van der Waals surface area contributed by atoms with Crippen LogP contribution in [0.4, 0.5) is 0 Å². The summed E-state index contributed by atoms with van der Waals surface area (Å²) in [6.45, 7) is 4.25. The average molecular weight is 257 g/mol. The second-order valence-corrected chi connectivity index (χ2v) is 5.73. The number of rotatable bonds is 4. The lowest BCUT2D eigenvalue weighted by molar-refractivity contribution is 0.869. The van der Waals surface area contributed by atoms with Crippen molar-refractivity contribution in [3.63, 3.8) is 0 Å². The zero-order valence-electron chi connectivity index (χ0n) is 10.9. The van der Waals surface area contributed by atoms with Gasteiger partial charge in [-0.15, -0.1) is 11.8 Å². The Morgan fingerprint density at radius 1 is 0.944 bits per heavy atom. The molecule has 18 heavy (non-hydrogen) atoms. The molecule has 1 atom stereocenters. The summed E-state index contributed by atoms with van der Waals surface area (Å²) >= 11 is 1.85. The Labute approximate surface area is 113 Å². The van der Waals surface area contributed by atoms with Gasteiger partial charge in [-0.1, -0.05) is 48.9 Å². The Kier molecular flexibility index (Phi) is 4.45. The molecule has 2 aromatic carbocycles. The van der Waals surface area contributed by atoms with E-state index in [9.17, 15) is 0 Å². The van der Waals surface area contributed by atoms with E-state index in [2.05, 4.69) is 62.4 Å². The van der Waals surface area contributed by atoms with Crippen molar-refractivity contribution in [3.05, 3.63) is 65.2 Å². The highest BCUT2D eigenvalue weighted by Gasteiger charge is 2.08. The SMILES string of the molecule is CCSc1ccc(C(N)c2ccc(C)cc2)cc1. The van der Waals surface area contributed by atoms with Crippen molar-refractivity contribution in [1.82, 2.24) is 0 Å². The molecule has 94 valence electrons. The number of hydrogen-bond donors (Lipinski definition) is 1. The molecule has 0 radical (unpaired) electrons. The van der Waals surface area contributed by atoms with Crippen LogP contribution < -0.4 is 5.73 Å². The van der Waals surface area contributed by atoms with E-state index < -0.39 is 0 Å². The summed E-state index contributed by atoms with van der Waals surface area (Å²) in [5.41, 5.74) is 9.88. The maximum absolute atomic E-state index is 6.28.